The number of carbonyl (C=O) groups excluding carboxylic acids is 6. The highest BCUT2D eigenvalue weighted by Gasteiger charge is 2.40. The van der Waals surface area contributed by atoms with Crippen molar-refractivity contribution in [1.29, 1.82) is 0 Å². The van der Waals surface area contributed by atoms with Crippen LogP contribution in [0.15, 0.2) is 146 Å². The van der Waals surface area contributed by atoms with Crippen LogP contribution in [0.2, 0.25) is 0 Å². The minimum Gasteiger partial charge on any atom is -0.465 e. The van der Waals surface area contributed by atoms with Gasteiger partial charge in [0.1, 0.15) is 31.8 Å². The number of thioether (sulfide) groups is 2. The van der Waals surface area contributed by atoms with Crippen molar-refractivity contribution in [2.45, 2.75) is 64.9 Å². The normalized spacial score (nSPS) is 11.6. The molecule has 0 radical (unpaired) electrons. The van der Waals surface area contributed by atoms with Crippen molar-refractivity contribution in [2.24, 2.45) is 5.41 Å². The highest BCUT2D eigenvalue weighted by atomic mass is 32.2. The molecule has 416 valence electrons. The first-order valence-corrected chi connectivity index (χ1v) is 32.7. The number of hydrogen-bond acceptors (Lipinski definition) is 16. The molecule has 0 unspecified atom stereocenters. The van der Waals surface area contributed by atoms with E-state index in [2.05, 4.69) is 25.3 Å². The van der Waals surface area contributed by atoms with Gasteiger partial charge in [-0.25, -0.2) is 0 Å². The maximum Gasteiger partial charge on any atom is 0.306 e. The van der Waals surface area contributed by atoms with Gasteiger partial charge >= 0.3 is 23.9 Å². The molecule has 0 aliphatic carbocycles. The largest absolute Gasteiger partial charge is 0.465 e. The number of aryl methyl sites for hydroxylation is 4. The van der Waals surface area contributed by atoms with Crippen LogP contribution < -0.4 is 21.2 Å². The molecule has 0 fully saturated rings. The van der Waals surface area contributed by atoms with Gasteiger partial charge in [0.15, 0.2) is 0 Å². The fraction of sp³-hybridized carbons (Fsp3) is 0.311. The Morgan fingerprint density at radius 2 is 0.671 bits per heavy atom. The van der Waals surface area contributed by atoms with Crippen molar-refractivity contribution >= 4 is 119 Å². The molecule has 0 spiro atoms. The lowest BCUT2D eigenvalue weighted by Crippen LogP contribution is -2.44. The molecule has 0 saturated carbocycles. The quantitative estimate of drug-likeness (QED) is 0.0143. The maximum atomic E-state index is 14.9. The van der Waals surface area contributed by atoms with E-state index in [4.69, 9.17) is 18.9 Å². The van der Waals surface area contributed by atoms with Crippen molar-refractivity contribution in [3.05, 3.63) is 190 Å². The summed E-state index contributed by atoms with van der Waals surface area (Å²) in [6.45, 7) is 5.70. The molecule has 0 atom stereocenters. The first kappa shape index (κ1) is 62.6. The molecule has 12 nitrogen and oxygen atoms in total. The monoisotopic (exact) mass is 1180 g/mol. The van der Waals surface area contributed by atoms with Gasteiger partial charge in [-0.15, -0.1) is 0 Å². The van der Waals surface area contributed by atoms with Crippen LogP contribution in [0.25, 0.3) is 0 Å². The Kier molecular flexibility index (Phi) is 24.0. The van der Waals surface area contributed by atoms with Crippen molar-refractivity contribution in [2.75, 3.05) is 49.4 Å². The Labute approximate surface area is 482 Å². The third-order valence-corrected chi connectivity index (χ3v) is 21.1. The second-order valence-corrected chi connectivity index (χ2v) is 27.5. The predicted octanol–water partition coefficient (Wildman–Crippen LogP) is 11.0. The third-order valence-electron chi connectivity index (χ3n) is 12.9. The summed E-state index contributed by atoms with van der Waals surface area (Å²) in [5.41, 5.74) is 3.07. The lowest BCUT2D eigenvalue weighted by atomic mass is 9.92. The molecule has 0 aromatic heterocycles. The van der Waals surface area contributed by atoms with Crippen LogP contribution in [-0.4, -0.2) is 84.4 Å². The Morgan fingerprint density at radius 3 is 0.924 bits per heavy atom. The standard InChI is InChI=1S/C61H66O12P2S4/c1-43-33-47(34-44(2)57(43)59(66)74(68,49-17-9-5-10-18-49)50-19-11-6-12-20-50)37-78-31-27-55(64)72-41-61(39-70-53(62)25-29-76,40-71-54(63)26-30-77)42-73-56(65)28-32-79-38-48-35-45(3)58(46(4)36-48)60(67)75(69,51-21-13-7-14-22-51)52-23-15-8-16-24-52/h5-24,33-36,76-77H,25-32,37-42H2,1-4H3. The van der Waals surface area contributed by atoms with Crippen LogP contribution in [-0.2, 0) is 58.8 Å². The molecule has 0 amide bonds. The van der Waals surface area contributed by atoms with Gasteiger partial charge in [0.05, 0.1) is 25.7 Å². The lowest BCUT2D eigenvalue weighted by Gasteiger charge is -2.31. The summed E-state index contributed by atoms with van der Waals surface area (Å²) in [6, 6.07) is 42.9. The van der Waals surface area contributed by atoms with E-state index in [-0.39, 0.29) is 37.2 Å². The molecule has 0 N–H and O–H groups in total. The summed E-state index contributed by atoms with van der Waals surface area (Å²) in [7, 11) is -7.45. The van der Waals surface area contributed by atoms with E-state index in [9.17, 15) is 37.9 Å². The number of esters is 4. The van der Waals surface area contributed by atoms with Gasteiger partial charge in [-0.2, -0.15) is 48.8 Å². The van der Waals surface area contributed by atoms with Crippen molar-refractivity contribution < 1.29 is 56.8 Å². The van der Waals surface area contributed by atoms with Gasteiger partial charge in [0, 0.05) is 66.9 Å². The first-order valence-electron chi connectivity index (χ1n) is 25.7. The predicted molar refractivity (Wildman–Crippen MR) is 325 cm³/mol. The zero-order chi connectivity index (χ0) is 57.0. The van der Waals surface area contributed by atoms with Crippen LogP contribution >= 0.6 is 63.1 Å². The summed E-state index contributed by atoms with van der Waals surface area (Å²) in [5, 5.41) is 1.84. The van der Waals surface area contributed by atoms with E-state index in [0.29, 0.717) is 77.6 Å². The van der Waals surface area contributed by atoms with Gasteiger partial charge in [-0.3, -0.25) is 28.8 Å². The van der Waals surface area contributed by atoms with Gasteiger partial charge in [-0.1, -0.05) is 146 Å². The molecule has 79 heavy (non-hydrogen) atoms. The zero-order valence-electron chi connectivity index (χ0n) is 44.8. The number of benzene rings is 6. The van der Waals surface area contributed by atoms with Crippen LogP contribution in [0.3, 0.4) is 0 Å². The van der Waals surface area contributed by atoms with Crippen LogP contribution in [0.1, 0.15) is 79.8 Å². The molecule has 6 aromatic carbocycles. The second kappa shape index (κ2) is 30.3. The summed E-state index contributed by atoms with van der Waals surface area (Å²) in [6.07, 6.45) is -0.0636. The minimum atomic E-state index is -3.72. The van der Waals surface area contributed by atoms with Gasteiger partial charge in [-0.05, 0) is 61.1 Å². The Morgan fingerprint density at radius 1 is 0.418 bits per heavy atom. The van der Waals surface area contributed by atoms with E-state index >= 15 is 0 Å². The minimum absolute atomic E-state index is 0.0111. The van der Waals surface area contributed by atoms with E-state index in [1.54, 1.807) is 97.1 Å². The number of carbonyl (C=O) groups is 6. The smallest absolute Gasteiger partial charge is 0.306 e. The average Bonchev–Trinajstić information content (AvgIpc) is 3.50. The number of ether oxygens (including phenoxy) is 4. The number of rotatable bonds is 30. The highest BCUT2D eigenvalue weighted by molar-refractivity contribution is 7.98. The summed E-state index contributed by atoms with van der Waals surface area (Å²) >= 11 is 11.2. The van der Waals surface area contributed by atoms with Crippen molar-refractivity contribution in [3.63, 3.8) is 0 Å². The molecule has 18 heteroatoms. The van der Waals surface area contributed by atoms with Crippen molar-refractivity contribution in [3.8, 4) is 0 Å². The molecule has 0 heterocycles. The lowest BCUT2D eigenvalue weighted by molar-refractivity contribution is -0.170. The summed E-state index contributed by atoms with van der Waals surface area (Å²) in [5.74, 6) is -0.237. The van der Waals surface area contributed by atoms with E-state index in [1.807, 2.05) is 76.2 Å². The number of hydrogen-bond donors (Lipinski definition) is 2. The molecule has 0 aliphatic rings. The Bertz CT molecular complexity index is 2830. The molecule has 0 aliphatic heterocycles. The van der Waals surface area contributed by atoms with Gasteiger partial charge < -0.3 is 28.1 Å². The topological polar surface area (TPSA) is 173 Å². The fourth-order valence-corrected chi connectivity index (χ4v) is 16.2. The average molecular weight is 1180 g/mol. The zero-order valence-corrected chi connectivity index (χ0v) is 50.0. The molecular formula is C61H66O12P2S4. The van der Waals surface area contributed by atoms with Crippen LogP contribution in [0, 0.1) is 33.1 Å². The first-order chi connectivity index (χ1) is 37.9. The highest BCUT2D eigenvalue weighted by Crippen LogP contribution is 2.49. The molecule has 0 bridgehead atoms. The van der Waals surface area contributed by atoms with E-state index in [1.165, 1.54) is 23.5 Å². The van der Waals surface area contributed by atoms with Crippen LogP contribution in [0.4, 0.5) is 0 Å². The van der Waals surface area contributed by atoms with E-state index in [0.717, 1.165) is 11.1 Å². The Balaban J connectivity index is 1.06. The maximum absolute atomic E-state index is 14.9. The van der Waals surface area contributed by atoms with Gasteiger partial charge in [0.2, 0.25) is 25.3 Å². The van der Waals surface area contributed by atoms with Crippen molar-refractivity contribution in [1.82, 2.24) is 0 Å². The molecule has 6 aromatic rings. The Hall–Kier alpha value is -5.60. The number of thiol groups is 2. The van der Waals surface area contributed by atoms with Crippen LogP contribution in [0.5, 0.6) is 0 Å². The molecule has 0 saturated heterocycles. The summed E-state index contributed by atoms with van der Waals surface area (Å²) < 4.78 is 52.3. The van der Waals surface area contributed by atoms with Gasteiger partial charge in [0.25, 0.3) is 0 Å². The molecular weight excluding hydrogens is 1110 g/mol. The second-order valence-electron chi connectivity index (χ2n) is 19.1. The van der Waals surface area contributed by atoms with E-state index < -0.39 is 81.1 Å². The fourth-order valence-electron chi connectivity index (χ4n) is 8.93. The summed E-state index contributed by atoms with van der Waals surface area (Å²) in [4.78, 5) is 80.7. The third kappa shape index (κ3) is 16.7. The SMILES string of the molecule is Cc1cc(CSCCC(=O)OCC(COC(=O)CCS)(COC(=O)CCS)COC(=O)CCSCc2cc(C)c(C(=O)P(=O)(c3ccccc3)c3ccccc3)c(C)c2)cc(C)c1C(=O)P(=O)(c1ccccc1)c1ccccc1. The molecule has 6 rings (SSSR count).